The molecule has 0 radical (unpaired) electrons. The molecular formula is C18H17ClO2. The Balaban J connectivity index is 2.03. The number of aryl methyl sites for hydroxylation is 2. The van der Waals surface area contributed by atoms with Crippen LogP contribution < -0.4 is 4.74 Å². The van der Waals surface area contributed by atoms with Gasteiger partial charge in [-0.3, -0.25) is 4.79 Å². The van der Waals surface area contributed by atoms with Gasteiger partial charge in [0.25, 0.3) is 0 Å². The second-order valence-electron chi connectivity index (χ2n) is 5.51. The quantitative estimate of drug-likeness (QED) is 0.751. The van der Waals surface area contributed by atoms with Gasteiger partial charge in [-0.25, -0.2) is 0 Å². The lowest BCUT2D eigenvalue weighted by atomic mass is 9.85. The fourth-order valence-corrected chi connectivity index (χ4v) is 3.08. The number of fused-ring (bicyclic) bond motifs is 1. The number of carbonyl (C=O) groups excluding carboxylic acids is 1. The summed E-state index contributed by atoms with van der Waals surface area (Å²) in [4.78, 5) is 12.9. The first kappa shape index (κ1) is 14.2. The molecule has 108 valence electrons. The van der Waals surface area contributed by atoms with Gasteiger partial charge in [-0.2, -0.15) is 0 Å². The second-order valence-corrected chi connectivity index (χ2v) is 5.92. The molecule has 1 unspecified atom stereocenters. The molecule has 0 aromatic heterocycles. The zero-order valence-electron chi connectivity index (χ0n) is 12.2. The number of Topliss-reactive ketones (excluding diaryl/α,β-unsaturated/α-hetero) is 1. The van der Waals surface area contributed by atoms with Crippen LogP contribution in [0, 0.1) is 13.8 Å². The molecule has 1 heterocycles. The van der Waals surface area contributed by atoms with Crippen molar-refractivity contribution in [3.8, 4) is 5.75 Å². The molecular weight excluding hydrogens is 284 g/mol. The van der Waals surface area contributed by atoms with E-state index < -0.39 is 0 Å². The van der Waals surface area contributed by atoms with Gasteiger partial charge in [0.2, 0.25) is 0 Å². The minimum atomic E-state index is -0.172. The first-order valence-corrected chi connectivity index (χ1v) is 7.48. The van der Waals surface area contributed by atoms with E-state index in [1.807, 2.05) is 50.2 Å². The second kappa shape index (κ2) is 5.53. The van der Waals surface area contributed by atoms with Crippen LogP contribution in [0.5, 0.6) is 5.75 Å². The van der Waals surface area contributed by atoms with E-state index in [-0.39, 0.29) is 11.7 Å². The molecule has 0 bridgehead atoms. The number of ether oxygens (including phenoxy) is 1. The lowest BCUT2D eigenvalue weighted by Gasteiger charge is -2.25. The molecule has 1 aliphatic rings. The van der Waals surface area contributed by atoms with Crippen molar-refractivity contribution in [1.29, 1.82) is 0 Å². The Kier molecular flexibility index (Phi) is 3.73. The first-order valence-electron chi connectivity index (χ1n) is 7.10. The van der Waals surface area contributed by atoms with Crippen LogP contribution >= 0.6 is 11.6 Å². The van der Waals surface area contributed by atoms with E-state index in [0.717, 1.165) is 22.4 Å². The monoisotopic (exact) mass is 300 g/mol. The molecule has 2 nitrogen and oxygen atoms in total. The predicted octanol–water partition coefficient (Wildman–Crippen LogP) is 4.71. The van der Waals surface area contributed by atoms with Crippen molar-refractivity contribution in [2.75, 3.05) is 6.61 Å². The topological polar surface area (TPSA) is 26.3 Å². The summed E-state index contributed by atoms with van der Waals surface area (Å²) in [5, 5.41) is 0.534. The maximum absolute atomic E-state index is 12.9. The van der Waals surface area contributed by atoms with Crippen LogP contribution in [0.15, 0.2) is 36.4 Å². The van der Waals surface area contributed by atoms with Gasteiger partial charge in [0.15, 0.2) is 5.78 Å². The standard InChI is InChI=1S/C18H17ClO2/c1-11-9-15(16(19)10-12(11)2)18(20)14-7-8-21-17-6-4-3-5-13(14)17/h3-6,9-10,14H,7-8H2,1-2H3. The van der Waals surface area contributed by atoms with Gasteiger partial charge < -0.3 is 4.74 Å². The van der Waals surface area contributed by atoms with Gasteiger partial charge in [0.1, 0.15) is 5.75 Å². The summed E-state index contributed by atoms with van der Waals surface area (Å²) in [6, 6.07) is 11.5. The molecule has 3 heteroatoms. The molecule has 0 N–H and O–H groups in total. The largest absolute Gasteiger partial charge is 0.493 e. The molecule has 0 saturated heterocycles. The fourth-order valence-electron chi connectivity index (χ4n) is 2.77. The summed E-state index contributed by atoms with van der Waals surface area (Å²) in [5.41, 5.74) is 3.76. The van der Waals surface area contributed by atoms with E-state index in [9.17, 15) is 4.79 Å². The fraction of sp³-hybridized carbons (Fsp3) is 0.278. The molecule has 2 aromatic carbocycles. The maximum Gasteiger partial charge on any atom is 0.172 e. The molecule has 2 aromatic rings. The van der Waals surface area contributed by atoms with Gasteiger partial charge in [0, 0.05) is 11.1 Å². The van der Waals surface area contributed by atoms with E-state index in [0.29, 0.717) is 23.6 Å². The third kappa shape index (κ3) is 2.56. The Morgan fingerprint density at radius 1 is 1.19 bits per heavy atom. The highest BCUT2D eigenvalue weighted by Gasteiger charge is 2.29. The Morgan fingerprint density at radius 3 is 2.71 bits per heavy atom. The zero-order valence-corrected chi connectivity index (χ0v) is 12.9. The van der Waals surface area contributed by atoms with Gasteiger partial charge in [-0.05, 0) is 49.6 Å². The summed E-state index contributed by atoms with van der Waals surface area (Å²) in [7, 11) is 0. The number of hydrogen-bond donors (Lipinski definition) is 0. The third-order valence-corrected chi connectivity index (χ3v) is 4.44. The van der Waals surface area contributed by atoms with E-state index in [1.165, 1.54) is 0 Å². The molecule has 0 amide bonds. The van der Waals surface area contributed by atoms with Crippen LogP contribution in [0.25, 0.3) is 0 Å². The molecule has 1 atom stereocenters. The SMILES string of the molecule is Cc1cc(Cl)c(C(=O)C2CCOc3ccccc32)cc1C. The molecule has 0 aliphatic carbocycles. The van der Waals surface area contributed by atoms with Gasteiger partial charge in [0.05, 0.1) is 17.5 Å². The Hall–Kier alpha value is -1.80. The van der Waals surface area contributed by atoms with E-state index in [1.54, 1.807) is 0 Å². The number of ketones is 1. The maximum atomic E-state index is 12.9. The normalized spacial score (nSPS) is 17.0. The van der Waals surface area contributed by atoms with Crippen LogP contribution in [0.3, 0.4) is 0 Å². The van der Waals surface area contributed by atoms with Gasteiger partial charge >= 0.3 is 0 Å². The minimum Gasteiger partial charge on any atom is -0.493 e. The molecule has 0 saturated carbocycles. The summed E-state index contributed by atoms with van der Waals surface area (Å²) in [5.74, 6) is 0.718. The summed E-state index contributed by atoms with van der Waals surface area (Å²) >= 11 is 6.29. The van der Waals surface area contributed by atoms with Crippen LogP contribution in [0.1, 0.15) is 39.4 Å². The highest BCUT2D eigenvalue weighted by atomic mass is 35.5. The average molecular weight is 301 g/mol. The van der Waals surface area contributed by atoms with E-state index >= 15 is 0 Å². The lowest BCUT2D eigenvalue weighted by Crippen LogP contribution is -2.21. The molecule has 21 heavy (non-hydrogen) atoms. The molecule has 0 fully saturated rings. The third-order valence-electron chi connectivity index (χ3n) is 4.12. The van der Waals surface area contributed by atoms with E-state index in [4.69, 9.17) is 16.3 Å². The highest BCUT2D eigenvalue weighted by Crippen LogP contribution is 2.37. The molecule has 3 rings (SSSR count). The van der Waals surface area contributed by atoms with E-state index in [2.05, 4.69) is 0 Å². The Bertz CT molecular complexity index is 706. The Morgan fingerprint density at radius 2 is 1.90 bits per heavy atom. The van der Waals surface area contributed by atoms with Crippen molar-refractivity contribution in [3.63, 3.8) is 0 Å². The summed E-state index contributed by atoms with van der Waals surface area (Å²) in [6.45, 7) is 4.56. The number of hydrogen-bond acceptors (Lipinski definition) is 2. The number of para-hydroxylation sites is 1. The molecule has 0 spiro atoms. The number of carbonyl (C=O) groups is 1. The van der Waals surface area contributed by atoms with Crippen LogP contribution in [0.2, 0.25) is 5.02 Å². The van der Waals surface area contributed by atoms with Crippen molar-refractivity contribution < 1.29 is 9.53 Å². The van der Waals surface area contributed by atoms with Crippen molar-refractivity contribution in [2.45, 2.75) is 26.2 Å². The van der Waals surface area contributed by atoms with Gasteiger partial charge in [-0.1, -0.05) is 29.8 Å². The van der Waals surface area contributed by atoms with Crippen molar-refractivity contribution >= 4 is 17.4 Å². The number of benzene rings is 2. The van der Waals surface area contributed by atoms with Crippen LogP contribution in [0.4, 0.5) is 0 Å². The zero-order chi connectivity index (χ0) is 15.0. The number of rotatable bonds is 2. The smallest absolute Gasteiger partial charge is 0.172 e. The Labute approximate surface area is 129 Å². The van der Waals surface area contributed by atoms with Crippen LogP contribution in [-0.2, 0) is 0 Å². The summed E-state index contributed by atoms with van der Waals surface area (Å²) < 4.78 is 5.63. The van der Waals surface area contributed by atoms with Crippen molar-refractivity contribution in [3.05, 3.63) is 63.7 Å². The van der Waals surface area contributed by atoms with Crippen molar-refractivity contribution in [1.82, 2.24) is 0 Å². The molecule has 1 aliphatic heterocycles. The summed E-state index contributed by atoms with van der Waals surface area (Å²) in [6.07, 6.45) is 0.694. The van der Waals surface area contributed by atoms with Crippen molar-refractivity contribution in [2.24, 2.45) is 0 Å². The predicted molar refractivity (Wildman–Crippen MR) is 84.6 cm³/mol. The highest BCUT2D eigenvalue weighted by molar-refractivity contribution is 6.34. The van der Waals surface area contributed by atoms with Gasteiger partial charge in [-0.15, -0.1) is 0 Å². The average Bonchev–Trinajstić information content (AvgIpc) is 2.49. The number of halogens is 1. The minimum absolute atomic E-state index is 0.0823. The van der Waals surface area contributed by atoms with Crippen LogP contribution in [-0.4, -0.2) is 12.4 Å². The first-order chi connectivity index (χ1) is 10.1. The lowest BCUT2D eigenvalue weighted by molar-refractivity contribution is 0.0933.